The van der Waals surface area contributed by atoms with Crippen LogP contribution in [0.5, 0.6) is 0 Å². The maximum Gasteiger partial charge on any atom is 0.254 e. The third-order valence-corrected chi connectivity index (χ3v) is 5.33. The molecule has 138 valence electrons. The van der Waals surface area contributed by atoms with Crippen molar-refractivity contribution in [3.8, 4) is 11.1 Å². The minimum absolute atomic E-state index is 0.0563. The van der Waals surface area contributed by atoms with Crippen LogP contribution in [0.3, 0.4) is 0 Å². The zero-order chi connectivity index (χ0) is 18.9. The lowest BCUT2D eigenvalue weighted by Gasteiger charge is -2.26. The van der Waals surface area contributed by atoms with Gasteiger partial charge in [-0.15, -0.1) is 0 Å². The van der Waals surface area contributed by atoms with Gasteiger partial charge in [0.15, 0.2) is 0 Å². The standard InChI is InChI=1S/C24H20N2O2/c27-24(26-10-12-28-13-11-26)18-8-9-23-19(14-18)15-20(16-25-23)22-7-3-5-17-4-1-2-6-21(17)22/h1-9,14-16H,10-13H2. The Morgan fingerprint density at radius 2 is 1.71 bits per heavy atom. The normalized spacial score (nSPS) is 14.5. The Kier molecular flexibility index (Phi) is 4.26. The van der Waals surface area contributed by atoms with Crippen molar-refractivity contribution in [3.63, 3.8) is 0 Å². The van der Waals surface area contributed by atoms with Crippen molar-refractivity contribution in [1.29, 1.82) is 0 Å². The largest absolute Gasteiger partial charge is 0.378 e. The number of carbonyl (C=O) groups is 1. The Hall–Kier alpha value is -3.24. The number of amides is 1. The smallest absolute Gasteiger partial charge is 0.254 e. The highest BCUT2D eigenvalue weighted by molar-refractivity contribution is 6.00. The van der Waals surface area contributed by atoms with Gasteiger partial charge < -0.3 is 9.64 Å². The summed E-state index contributed by atoms with van der Waals surface area (Å²) in [7, 11) is 0. The van der Waals surface area contributed by atoms with Crippen molar-refractivity contribution >= 4 is 27.6 Å². The third kappa shape index (κ3) is 3.02. The molecule has 0 atom stereocenters. The Labute approximate surface area is 163 Å². The molecule has 1 aliphatic heterocycles. The van der Waals surface area contributed by atoms with Gasteiger partial charge in [-0.05, 0) is 40.6 Å². The summed E-state index contributed by atoms with van der Waals surface area (Å²) in [4.78, 5) is 19.3. The van der Waals surface area contributed by atoms with Crippen LogP contribution in [-0.4, -0.2) is 42.1 Å². The van der Waals surface area contributed by atoms with Crippen molar-refractivity contribution in [2.24, 2.45) is 0 Å². The van der Waals surface area contributed by atoms with Gasteiger partial charge in [-0.1, -0.05) is 42.5 Å². The quantitative estimate of drug-likeness (QED) is 0.522. The fraction of sp³-hybridized carbons (Fsp3) is 0.167. The number of aromatic nitrogens is 1. The average molecular weight is 368 g/mol. The van der Waals surface area contributed by atoms with E-state index in [1.54, 1.807) is 0 Å². The Bertz CT molecular complexity index is 1170. The molecule has 0 unspecified atom stereocenters. The van der Waals surface area contributed by atoms with Crippen LogP contribution in [0.1, 0.15) is 10.4 Å². The zero-order valence-corrected chi connectivity index (χ0v) is 15.5. The van der Waals surface area contributed by atoms with E-state index in [1.165, 1.54) is 10.8 Å². The second kappa shape index (κ2) is 7.06. The van der Waals surface area contributed by atoms with E-state index >= 15 is 0 Å². The monoisotopic (exact) mass is 368 g/mol. The first kappa shape index (κ1) is 16.9. The van der Waals surface area contributed by atoms with E-state index in [0.717, 1.165) is 22.0 Å². The molecular weight excluding hydrogens is 348 g/mol. The molecule has 5 rings (SSSR count). The average Bonchev–Trinajstić information content (AvgIpc) is 2.78. The summed E-state index contributed by atoms with van der Waals surface area (Å²) in [6, 6.07) is 22.5. The summed E-state index contributed by atoms with van der Waals surface area (Å²) in [5, 5.41) is 3.38. The van der Waals surface area contributed by atoms with Crippen LogP contribution in [0.25, 0.3) is 32.8 Å². The third-order valence-electron chi connectivity index (χ3n) is 5.33. The molecule has 1 aliphatic rings. The number of morpholine rings is 1. The van der Waals surface area contributed by atoms with Crippen molar-refractivity contribution < 1.29 is 9.53 Å². The molecule has 0 radical (unpaired) electrons. The van der Waals surface area contributed by atoms with Gasteiger partial charge in [-0.2, -0.15) is 0 Å². The molecule has 2 heterocycles. The van der Waals surface area contributed by atoms with Crippen molar-refractivity contribution in [1.82, 2.24) is 9.88 Å². The van der Waals surface area contributed by atoms with E-state index in [0.29, 0.717) is 31.9 Å². The minimum atomic E-state index is 0.0563. The van der Waals surface area contributed by atoms with Gasteiger partial charge in [0.1, 0.15) is 0 Å². The lowest BCUT2D eigenvalue weighted by molar-refractivity contribution is 0.0303. The van der Waals surface area contributed by atoms with Crippen LogP contribution in [0.2, 0.25) is 0 Å². The van der Waals surface area contributed by atoms with E-state index < -0.39 is 0 Å². The van der Waals surface area contributed by atoms with Gasteiger partial charge in [0, 0.05) is 35.8 Å². The summed E-state index contributed by atoms with van der Waals surface area (Å²) in [6.45, 7) is 2.49. The fourth-order valence-corrected chi connectivity index (χ4v) is 3.84. The number of fused-ring (bicyclic) bond motifs is 2. The Morgan fingerprint density at radius 3 is 2.61 bits per heavy atom. The second-order valence-electron chi connectivity index (χ2n) is 7.06. The van der Waals surface area contributed by atoms with Crippen molar-refractivity contribution in [2.45, 2.75) is 0 Å². The van der Waals surface area contributed by atoms with E-state index in [-0.39, 0.29) is 5.91 Å². The van der Waals surface area contributed by atoms with Gasteiger partial charge >= 0.3 is 0 Å². The predicted octanol–water partition coefficient (Wildman–Crippen LogP) is 4.53. The lowest BCUT2D eigenvalue weighted by Crippen LogP contribution is -2.40. The van der Waals surface area contributed by atoms with Gasteiger partial charge in [0.05, 0.1) is 18.7 Å². The first-order valence-corrected chi connectivity index (χ1v) is 9.54. The summed E-state index contributed by atoms with van der Waals surface area (Å²) in [5.41, 5.74) is 3.80. The number of hydrogen-bond acceptors (Lipinski definition) is 3. The zero-order valence-electron chi connectivity index (χ0n) is 15.5. The van der Waals surface area contributed by atoms with Gasteiger partial charge in [-0.3, -0.25) is 9.78 Å². The minimum Gasteiger partial charge on any atom is -0.378 e. The van der Waals surface area contributed by atoms with Gasteiger partial charge in [0.2, 0.25) is 0 Å². The molecule has 4 aromatic rings. The molecule has 3 aromatic carbocycles. The van der Waals surface area contributed by atoms with Crippen molar-refractivity contribution in [3.05, 3.63) is 78.5 Å². The summed E-state index contributed by atoms with van der Waals surface area (Å²) in [6.07, 6.45) is 1.91. The molecule has 0 aliphatic carbocycles. The molecule has 1 saturated heterocycles. The van der Waals surface area contributed by atoms with Crippen LogP contribution < -0.4 is 0 Å². The number of pyridine rings is 1. The van der Waals surface area contributed by atoms with E-state index in [1.807, 2.05) is 35.4 Å². The number of hydrogen-bond donors (Lipinski definition) is 0. The first-order chi connectivity index (χ1) is 13.8. The molecule has 0 spiro atoms. The fourth-order valence-electron chi connectivity index (χ4n) is 3.84. The molecule has 1 aromatic heterocycles. The Morgan fingerprint density at radius 1 is 0.893 bits per heavy atom. The van der Waals surface area contributed by atoms with Crippen LogP contribution >= 0.6 is 0 Å². The number of nitrogens with zero attached hydrogens (tertiary/aromatic N) is 2. The summed E-state index contributed by atoms with van der Waals surface area (Å²) in [5.74, 6) is 0.0563. The number of rotatable bonds is 2. The summed E-state index contributed by atoms with van der Waals surface area (Å²) < 4.78 is 5.35. The van der Waals surface area contributed by atoms with Gasteiger partial charge in [-0.25, -0.2) is 0 Å². The topological polar surface area (TPSA) is 42.4 Å². The molecule has 4 heteroatoms. The molecule has 0 N–H and O–H groups in total. The van der Waals surface area contributed by atoms with Crippen LogP contribution in [0, 0.1) is 0 Å². The number of benzene rings is 3. The molecule has 4 nitrogen and oxygen atoms in total. The summed E-state index contributed by atoms with van der Waals surface area (Å²) >= 11 is 0. The van der Waals surface area contributed by atoms with E-state index in [2.05, 4.69) is 47.4 Å². The molecule has 0 saturated carbocycles. The molecule has 28 heavy (non-hydrogen) atoms. The number of carbonyl (C=O) groups excluding carboxylic acids is 1. The maximum atomic E-state index is 12.8. The van der Waals surface area contributed by atoms with Crippen molar-refractivity contribution in [2.75, 3.05) is 26.3 Å². The Balaban J connectivity index is 1.57. The molecule has 0 bridgehead atoms. The maximum absolute atomic E-state index is 12.8. The molecular formula is C24H20N2O2. The highest BCUT2D eigenvalue weighted by Crippen LogP contribution is 2.30. The second-order valence-corrected chi connectivity index (χ2v) is 7.06. The lowest BCUT2D eigenvalue weighted by atomic mass is 9.98. The SMILES string of the molecule is O=C(c1ccc2ncc(-c3cccc4ccccc34)cc2c1)N1CCOCC1. The highest BCUT2D eigenvalue weighted by Gasteiger charge is 2.18. The number of ether oxygens (including phenoxy) is 1. The van der Waals surface area contributed by atoms with Crippen LogP contribution in [0.15, 0.2) is 72.9 Å². The van der Waals surface area contributed by atoms with Gasteiger partial charge in [0.25, 0.3) is 5.91 Å². The molecule has 1 fully saturated rings. The van der Waals surface area contributed by atoms with Crippen LogP contribution in [-0.2, 0) is 4.74 Å². The highest BCUT2D eigenvalue weighted by atomic mass is 16.5. The predicted molar refractivity (Wildman–Crippen MR) is 111 cm³/mol. The van der Waals surface area contributed by atoms with E-state index in [4.69, 9.17) is 4.74 Å². The molecule has 1 amide bonds. The van der Waals surface area contributed by atoms with E-state index in [9.17, 15) is 4.79 Å². The van der Waals surface area contributed by atoms with Crippen LogP contribution in [0.4, 0.5) is 0 Å². The first-order valence-electron chi connectivity index (χ1n) is 9.54.